The maximum Gasteiger partial charge on any atom is 0.135 e. The molecule has 0 spiro atoms. The molecule has 0 bridgehead atoms. The molecule has 0 aliphatic carbocycles. The molecule has 0 amide bonds. The van der Waals surface area contributed by atoms with E-state index in [1.807, 2.05) is 66.6 Å². The van der Waals surface area contributed by atoms with E-state index in [1.54, 1.807) is 0 Å². The highest BCUT2D eigenvalue weighted by Gasteiger charge is 2.32. The Hall–Kier alpha value is -3.78. The average molecular weight is 394 g/mol. The minimum atomic E-state index is 0.0706. The van der Waals surface area contributed by atoms with Gasteiger partial charge in [-0.15, -0.1) is 0 Å². The number of ether oxygens (including phenoxy) is 1. The lowest BCUT2D eigenvalue weighted by Crippen LogP contribution is -2.25. The van der Waals surface area contributed by atoms with Crippen LogP contribution in [-0.2, 0) is 7.05 Å². The molecule has 2 heterocycles. The molecule has 0 radical (unpaired) electrons. The van der Waals surface area contributed by atoms with Gasteiger partial charge < -0.3 is 14.2 Å². The zero-order valence-electron chi connectivity index (χ0n) is 16.8. The maximum atomic E-state index is 9.87. The van der Waals surface area contributed by atoms with Gasteiger partial charge in [-0.2, -0.15) is 5.26 Å². The highest BCUT2D eigenvalue weighted by molar-refractivity contribution is 5.88. The third kappa shape index (κ3) is 3.07. The summed E-state index contributed by atoms with van der Waals surface area (Å²) < 4.78 is 8.50. The summed E-state index contributed by atoms with van der Waals surface area (Å²) in [6.45, 7) is 0.928. The first-order valence-electron chi connectivity index (χ1n) is 10.2. The number of hydrogen-bond acceptors (Lipinski definition) is 4. The van der Waals surface area contributed by atoms with E-state index >= 15 is 0 Å². The van der Waals surface area contributed by atoms with E-state index < -0.39 is 0 Å². The predicted octanol–water partition coefficient (Wildman–Crippen LogP) is 5.58. The molecule has 30 heavy (non-hydrogen) atoms. The maximum absolute atomic E-state index is 9.87. The van der Waals surface area contributed by atoms with Gasteiger partial charge >= 0.3 is 0 Å². The fraction of sp³-hybridized carbons (Fsp3) is 0.200. The second-order valence-corrected chi connectivity index (χ2v) is 7.62. The van der Waals surface area contributed by atoms with Crippen molar-refractivity contribution in [1.29, 1.82) is 5.26 Å². The van der Waals surface area contributed by atoms with Crippen LogP contribution in [0.15, 0.2) is 73.2 Å². The number of hydrogen-bond donors (Lipinski definition) is 0. The van der Waals surface area contributed by atoms with Gasteiger partial charge in [0, 0.05) is 24.5 Å². The fourth-order valence-electron chi connectivity index (χ4n) is 4.45. The number of aryl methyl sites for hydroxylation is 1. The first-order valence-corrected chi connectivity index (χ1v) is 10.2. The van der Waals surface area contributed by atoms with Crippen LogP contribution < -0.4 is 9.64 Å². The van der Waals surface area contributed by atoms with Crippen LogP contribution in [0, 0.1) is 11.3 Å². The van der Waals surface area contributed by atoms with Crippen molar-refractivity contribution in [1.82, 2.24) is 9.55 Å². The molecule has 0 N–H and O–H groups in total. The Morgan fingerprint density at radius 3 is 2.67 bits per heavy atom. The molecule has 0 saturated carbocycles. The van der Waals surface area contributed by atoms with Crippen molar-refractivity contribution in [3.8, 4) is 17.6 Å². The van der Waals surface area contributed by atoms with Crippen LogP contribution in [0.5, 0.6) is 11.5 Å². The van der Waals surface area contributed by atoms with E-state index in [2.05, 4.69) is 34.2 Å². The van der Waals surface area contributed by atoms with Crippen LogP contribution in [0.4, 0.5) is 5.82 Å². The van der Waals surface area contributed by atoms with Gasteiger partial charge in [-0.05, 0) is 36.4 Å². The van der Waals surface area contributed by atoms with Crippen LogP contribution in [0.25, 0.3) is 10.8 Å². The van der Waals surface area contributed by atoms with Crippen molar-refractivity contribution >= 4 is 16.6 Å². The van der Waals surface area contributed by atoms with Crippen molar-refractivity contribution in [3.05, 3.63) is 84.3 Å². The number of benzene rings is 3. The van der Waals surface area contributed by atoms with Gasteiger partial charge in [-0.3, -0.25) is 0 Å². The number of rotatable bonds is 4. The Morgan fingerprint density at radius 2 is 1.83 bits per heavy atom. The number of nitrogens with zero attached hydrogens (tertiary/aromatic N) is 4. The Bertz CT molecular complexity index is 1250. The van der Waals surface area contributed by atoms with Crippen LogP contribution in [-0.4, -0.2) is 16.1 Å². The Labute approximate surface area is 175 Å². The zero-order chi connectivity index (χ0) is 20.5. The summed E-state index contributed by atoms with van der Waals surface area (Å²) in [6.07, 6.45) is 5.73. The molecule has 1 aliphatic heterocycles. The Kier molecular flexibility index (Phi) is 4.61. The smallest absolute Gasteiger partial charge is 0.135 e. The zero-order valence-corrected chi connectivity index (χ0v) is 16.8. The molecule has 1 fully saturated rings. The number of imidazole rings is 1. The minimum Gasteiger partial charge on any atom is -0.456 e. The second-order valence-electron chi connectivity index (χ2n) is 7.62. The lowest BCUT2D eigenvalue weighted by Gasteiger charge is -2.29. The molecule has 1 atom stereocenters. The number of anilines is 1. The van der Waals surface area contributed by atoms with Crippen molar-refractivity contribution < 1.29 is 4.74 Å². The number of nitriles is 1. The number of fused-ring (bicyclic) bond motifs is 1. The molecule has 5 rings (SSSR count). The summed E-state index contributed by atoms with van der Waals surface area (Å²) >= 11 is 0. The number of aromatic nitrogens is 2. The van der Waals surface area contributed by atoms with Crippen LogP contribution in [0.3, 0.4) is 0 Å². The summed E-state index contributed by atoms with van der Waals surface area (Å²) in [5, 5.41) is 12.1. The highest BCUT2D eigenvalue weighted by atomic mass is 16.5. The van der Waals surface area contributed by atoms with E-state index in [1.165, 1.54) is 0 Å². The highest BCUT2D eigenvalue weighted by Crippen LogP contribution is 2.43. The lowest BCUT2D eigenvalue weighted by atomic mass is 9.97. The fourth-order valence-corrected chi connectivity index (χ4v) is 4.45. The molecule has 1 unspecified atom stereocenters. The molecule has 1 aromatic heterocycles. The SMILES string of the molecule is Cn1cncc1N1CCCC1c1c(C#N)cccc1Oc1cccc2ccccc12. The minimum absolute atomic E-state index is 0.0706. The molecule has 1 aliphatic rings. The Balaban J connectivity index is 1.61. The van der Waals surface area contributed by atoms with Crippen molar-refractivity contribution in [3.63, 3.8) is 0 Å². The van der Waals surface area contributed by atoms with Crippen LogP contribution in [0.2, 0.25) is 0 Å². The third-order valence-corrected chi connectivity index (χ3v) is 5.83. The van der Waals surface area contributed by atoms with E-state index in [-0.39, 0.29) is 6.04 Å². The summed E-state index contributed by atoms with van der Waals surface area (Å²) in [7, 11) is 2.00. The first kappa shape index (κ1) is 18.3. The van der Waals surface area contributed by atoms with Gasteiger partial charge in [-0.1, -0.05) is 42.5 Å². The molecular formula is C25H22N4O. The first-order chi connectivity index (χ1) is 14.8. The van der Waals surface area contributed by atoms with Crippen molar-refractivity contribution in [2.24, 2.45) is 7.05 Å². The molecule has 148 valence electrons. The van der Waals surface area contributed by atoms with E-state index in [4.69, 9.17) is 4.74 Å². The molecule has 3 aromatic carbocycles. The Morgan fingerprint density at radius 1 is 1.03 bits per heavy atom. The van der Waals surface area contributed by atoms with Gasteiger partial charge in [0.25, 0.3) is 0 Å². The standard InChI is InChI=1S/C25H22N4O/c1-28-17-27-16-24(28)29-14-6-11-21(29)25-19(15-26)9-5-13-23(25)30-22-12-4-8-18-7-2-3-10-20(18)22/h2-5,7-10,12-13,16-17,21H,6,11,14H2,1H3. The lowest BCUT2D eigenvalue weighted by molar-refractivity contribution is 0.474. The van der Waals surface area contributed by atoms with E-state index in [9.17, 15) is 5.26 Å². The summed E-state index contributed by atoms with van der Waals surface area (Å²) in [5.74, 6) is 2.60. The summed E-state index contributed by atoms with van der Waals surface area (Å²) in [6, 6.07) is 22.5. The largest absolute Gasteiger partial charge is 0.456 e. The van der Waals surface area contributed by atoms with Gasteiger partial charge in [0.2, 0.25) is 0 Å². The molecule has 5 nitrogen and oxygen atoms in total. The van der Waals surface area contributed by atoms with Gasteiger partial charge in [0.05, 0.1) is 30.2 Å². The normalized spacial score (nSPS) is 16.0. The molecular weight excluding hydrogens is 372 g/mol. The van der Waals surface area contributed by atoms with Crippen molar-refractivity contribution in [2.45, 2.75) is 18.9 Å². The van der Waals surface area contributed by atoms with Gasteiger partial charge in [-0.25, -0.2) is 4.98 Å². The average Bonchev–Trinajstić information content (AvgIpc) is 3.42. The van der Waals surface area contributed by atoms with E-state index in [0.29, 0.717) is 5.56 Å². The second kappa shape index (κ2) is 7.57. The quantitative estimate of drug-likeness (QED) is 0.453. The van der Waals surface area contributed by atoms with Crippen molar-refractivity contribution in [2.75, 3.05) is 11.4 Å². The predicted molar refractivity (Wildman–Crippen MR) is 118 cm³/mol. The summed E-state index contributed by atoms with van der Waals surface area (Å²) in [4.78, 5) is 6.62. The van der Waals surface area contributed by atoms with Crippen LogP contribution >= 0.6 is 0 Å². The van der Waals surface area contributed by atoms with E-state index in [0.717, 1.165) is 53.0 Å². The van der Waals surface area contributed by atoms with Crippen LogP contribution in [0.1, 0.15) is 30.0 Å². The summed E-state index contributed by atoms with van der Waals surface area (Å²) in [5.41, 5.74) is 1.61. The molecule has 4 aromatic rings. The molecule has 1 saturated heterocycles. The molecule has 5 heteroatoms. The topological polar surface area (TPSA) is 54.1 Å². The third-order valence-electron chi connectivity index (χ3n) is 5.83. The monoisotopic (exact) mass is 394 g/mol. The van der Waals surface area contributed by atoms with Gasteiger partial charge in [0.1, 0.15) is 17.3 Å². The van der Waals surface area contributed by atoms with Gasteiger partial charge in [0.15, 0.2) is 0 Å².